The quantitative estimate of drug-likeness (QED) is 0.674. The van der Waals surface area contributed by atoms with Crippen LogP contribution in [0.4, 0.5) is 0 Å². The Morgan fingerprint density at radius 3 is 2.57 bits per heavy atom. The topological polar surface area (TPSA) is 87.7 Å². The van der Waals surface area contributed by atoms with Crippen LogP contribution < -0.4 is 10.6 Å². The first-order valence-electron chi connectivity index (χ1n) is 7.97. The smallest absolute Gasteiger partial charge is 0.326 e. The van der Waals surface area contributed by atoms with E-state index in [1.165, 1.54) is 0 Å². The number of carbonyl (C=O) groups is 2. The Morgan fingerprint density at radius 2 is 1.95 bits per heavy atom. The number of carboxylic acid groups (broad SMARTS) is 1. The molecule has 2 aliphatic rings. The lowest BCUT2D eigenvalue weighted by Crippen LogP contribution is -2.52. The lowest BCUT2D eigenvalue weighted by atomic mass is 9.83. The van der Waals surface area contributed by atoms with Gasteiger partial charge in [-0.3, -0.25) is 4.79 Å². The summed E-state index contributed by atoms with van der Waals surface area (Å²) < 4.78 is 5.36. The SMILES string of the molecule is CCNC1COCC1C(=O)NC(C(=O)O)C1CCCCC1. The van der Waals surface area contributed by atoms with Crippen molar-refractivity contribution in [1.82, 2.24) is 10.6 Å². The largest absolute Gasteiger partial charge is 0.480 e. The summed E-state index contributed by atoms with van der Waals surface area (Å²) in [4.78, 5) is 23.9. The lowest BCUT2D eigenvalue weighted by molar-refractivity contribution is -0.144. The Hall–Kier alpha value is -1.14. The molecule has 1 saturated heterocycles. The number of hydrogen-bond donors (Lipinski definition) is 3. The molecule has 3 unspecified atom stereocenters. The average molecular weight is 298 g/mol. The van der Waals surface area contributed by atoms with Crippen molar-refractivity contribution in [2.45, 2.75) is 51.1 Å². The zero-order valence-electron chi connectivity index (χ0n) is 12.6. The molecular formula is C15H26N2O4. The number of amides is 1. The van der Waals surface area contributed by atoms with E-state index in [9.17, 15) is 14.7 Å². The van der Waals surface area contributed by atoms with E-state index >= 15 is 0 Å². The van der Waals surface area contributed by atoms with E-state index in [4.69, 9.17) is 4.74 Å². The van der Waals surface area contributed by atoms with Gasteiger partial charge < -0.3 is 20.5 Å². The summed E-state index contributed by atoms with van der Waals surface area (Å²) in [5.41, 5.74) is 0. The highest BCUT2D eigenvalue weighted by Gasteiger charge is 2.37. The fourth-order valence-corrected chi connectivity index (χ4v) is 3.39. The molecule has 2 fully saturated rings. The van der Waals surface area contributed by atoms with Gasteiger partial charge in [0.25, 0.3) is 0 Å². The van der Waals surface area contributed by atoms with E-state index in [1.807, 2.05) is 6.92 Å². The summed E-state index contributed by atoms with van der Waals surface area (Å²) >= 11 is 0. The van der Waals surface area contributed by atoms with E-state index in [2.05, 4.69) is 10.6 Å². The number of aliphatic carboxylic acids is 1. The van der Waals surface area contributed by atoms with Gasteiger partial charge in [0.2, 0.25) is 5.91 Å². The maximum absolute atomic E-state index is 12.4. The molecule has 1 amide bonds. The Labute approximate surface area is 125 Å². The van der Waals surface area contributed by atoms with Gasteiger partial charge in [0.15, 0.2) is 0 Å². The number of carboxylic acids is 1. The molecule has 21 heavy (non-hydrogen) atoms. The van der Waals surface area contributed by atoms with Gasteiger partial charge in [0.1, 0.15) is 6.04 Å². The minimum atomic E-state index is -0.922. The van der Waals surface area contributed by atoms with Crippen LogP contribution in [-0.4, -0.2) is 48.8 Å². The third-order valence-electron chi connectivity index (χ3n) is 4.57. The van der Waals surface area contributed by atoms with Crippen LogP contribution in [0.3, 0.4) is 0 Å². The number of rotatable bonds is 6. The lowest BCUT2D eigenvalue weighted by Gasteiger charge is -2.29. The van der Waals surface area contributed by atoms with Gasteiger partial charge in [-0.25, -0.2) is 4.79 Å². The minimum Gasteiger partial charge on any atom is -0.480 e. The molecule has 0 spiro atoms. The van der Waals surface area contributed by atoms with Crippen LogP contribution in [0.1, 0.15) is 39.0 Å². The van der Waals surface area contributed by atoms with Crippen molar-refractivity contribution in [2.24, 2.45) is 11.8 Å². The second-order valence-corrected chi connectivity index (χ2v) is 6.03. The van der Waals surface area contributed by atoms with Gasteiger partial charge in [-0.15, -0.1) is 0 Å². The van der Waals surface area contributed by atoms with E-state index in [0.29, 0.717) is 13.2 Å². The van der Waals surface area contributed by atoms with Gasteiger partial charge in [0, 0.05) is 6.04 Å². The number of hydrogen-bond acceptors (Lipinski definition) is 4. The van der Waals surface area contributed by atoms with Crippen molar-refractivity contribution in [1.29, 1.82) is 0 Å². The molecule has 1 aliphatic carbocycles. The van der Waals surface area contributed by atoms with Crippen LogP contribution >= 0.6 is 0 Å². The Kier molecular flexibility index (Phi) is 5.99. The summed E-state index contributed by atoms with van der Waals surface area (Å²) in [6.07, 6.45) is 5.04. The van der Waals surface area contributed by atoms with Crippen LogP contribution in [0.25, 0.3) is 0 Å². The third-order valence-corrected chi connectivity index (χ3v) is 4.57. The number of nitrogens with one attached hydrogen (secondary N) is 2. The van der Waals surface area contributed by atoms with Crippen molar-refractivity contribution in [2.75, 3.05) is 19.8 Å². The average Bonchev–Trinajstić information content (AvgIpc) is 2.94. The highest BCUT2D eigenvalue weighted by molar-refractivity contribution is 5.85. The van der Waals surface area contributed by atoms with Crippen molar-refractivity contribution in [3.05, 3.63) is 0 Å². The second kappa shape index (κ2) is 7.75. The Balaban J connectivity index is 1.95. The van der Waals surface area contributed by atoms with Crippen LogP contribution in [0.15, 0.2) is 0 Å². The molecule has 3 atom stereocenters. The molecule has 3 N–H and O–H groups in total. The summed E-state index contributed by atoms with van der Waals surface area (Å²) in [5, 5.41) is 15.4. The number of carbonyl (C=O) groups excluding carboxylic acids is 1. The highest BCUT2D eigenvalue weighted by Crippen LogP contribution is 2.27. The summed E-state index contributed by atoms with van der Waals surface area (Å²) in [6.45, 7) is 3.62. The Morgan fingerprint density at radius 1 is 1.24 bits per heavy atom. The fourth-order valence-electron chi connectivity index (χ4n) is 3.39. The molecule has 1 heterocycles. The molecule has 0 aromatic heterocycles. The van der Waals surface area contributed by atoms with Crippen molar-refractivity contribution in [3.63, 3.8) is 0 Å². The third kappa shape index (κ3) is 4.17. The first kappa shape index (κ1) is 16.2. The molecule has 1 aliphatic heterocycles. The molecule has 120 valence electrons. The van der Waals surface area contributed by atoms with Crippen LogP contribution in [0.2, 0.25) is 0 Å². The van der Waals surface area contributed by atoms with Crippen molar-refractivity contribution >= 4 is 11.9 Å². The van der Waals surface area contributed by atoms with Gasteiger partial charge in [-0.2, -0.15) is 0 Å². The molecule has 6 nitrogen and oxygen atoms in total. The van der Waals surface area contributed by atoms with E-state index in [-0.39, 0.29) is 23.8 Å². The number of ether oxygens (including phenoxy) is 1. The van der Waals surface area contributed by atoms with Gasteiger partial charge in [-0.05, 0) is 25.3 Å². The van der Waals surface area contributed by atoms with Gasteiger partial charge in [-0.1, -0.05) is 26.2 Å². The maximum Gasteiger partial charge on any atom is 0.326 e. The summed E-state index contributed by atoms with van der Waals surface area (Å²) in [5.74, 6) is -1.36. The predicted molar refractivity (Wildman–Crippen MR) is 77.9 cm³/mol. The normalized spacial score (nSPS) is 28.2. The van der Waals surface area contributed by atoms with Crippen molar-refractivity contribution < 1.29 is 19.4 Å². The molecule has 0 radical (unpaired) electrons. The predicted octanol–water partition coefficient (Wildman–Crippen LogP) is 0.761. The zero-order valence-corrected chi connectivity index (χ0v) is 12.6. The first-order chi connectivity index (χ1) is 10.1. The Bertz CT molecular complexity index is 369. The molecular weight excluding hydrogens is 272 g/mol. The van der Waals surface area contributed by atoms with Crippen molar-refractivity contribution in [3.8, 4) is 0 Å². The van der Waals surface area contributed by atoms with Gasteiger partial charge >= 0.3 is 5.97 Å². The maximum atomic E-state index is 12.4. The molecule has 6 heteroatoms. The molecule has 1 saturated carbocycles. The molecule has 0 aromatic rings. The fraction of sp³-hybridized carbons (Fsp3) is 0.867. The molecule has 2 rings (SSSR count). The number of likely N-dealkylation sites (N-methyl/N-ethyl adjacent to an activating group) is 1. The molecule has 0 bridgehead atoms. The monoisotopic (exact) mass is 298 g/mol. The standard InChI is InChI=1S/C15H26N2O4/c1-2-16-12-9-21-8-11(12)14(18)17-13(15(19)20)10-6-4-3-5-7-10/h10-13,16H,2-9H2,1H3,(H,17,18)(H,19,20). The minimum absolute atomic E-state index is 0.0178. The molecule has 0 aromatic carbocycles. The second-order valence-electron chi connectivity index (χ2n) is 6.03. The first-order valence-corrected chi connectivity index (χ1v) is 7.97. The zero-order chi connectivity index (χ0) is 15.2. The van der Waals surface area contributed by atoms with Crippen LogP contribution in [-0.2, 0) is 14.3 Å². The van der Waals surface area contributed by atoms with E-state index < -0.39 is 12.0 Å². The van der Waals surface area contributed by atoms with E-state index in [1.54, 1.807) is 0 Å². The van der Waals surface area contributed by atoms with Gasteiger partial charge in [0.05, 0.1) is 19.1 Å². The highest BCUT2D eigenvalue weighted by atomic mass is 16.5. The van der Waals surface area contributed by atoms with Crippen LogP contribution in [0.5, 0.6) is 0 Å². The summed E-state index contributed by atoms with van der Waals surface area (Å²) in [6, 6.07) is -0.781. The summed E-state index contributed by atoms with van der Waals surface area (Å²) in [7, 11) is 0. The van der Waals surface area contributed by atoms with E-state index in [0.717, 1.165) is 38.6 Å². The van der Waals surface area contributed by atoms with Crippen LogP contribution in [0, 0.1) is 11.8 Å².